The van der Waals surface area contributed by atoms with Gasteiger partial charge in [-0.25, -0.2) is 0 Å². The highest BCUT2D eigenvalue weighted by atomic mass is 35.5. The van der Waals surface area contributed by atoms with E-state index in [0.717, 1.165) is 19.1 Å². The quantitative estimate of drug-likeness (QED) is 0.737. The van der Waals surface area contributed by atoms with Gasteiger partial charge in [0.05, 0.1) is 5.41 Å². The number of rotatable bonds is 2. The average Bonchev–Trinajstić information content (AvgIpc) is 2.90. The topological polar surface area (TPSA) is 37.3 Å². The second-order valence-electron chi connectivity index (χ2n) is 3.44. The molecule has 1 aromatic rings. The number of halogens is 1. The third kappa shape index (κ3) is 1.31. The van der Waals surface area contributed by atoms with Crippen LogP contribution in [0.1, 0.15) is 18.4 Å². The molecule has 1 saturated carbocycles. The van der Waals surface area contributed by atoms with Gasteiger partial charge in [-0.2, -0.15) is 0 Å². The highest BCUT2D eigenvalue weighted by molar-refractivity contribution is 6.30. The highest BCUT2D eigenvalue weighted by Gasteiger charge is 2.46. The van der Waals surface area contributed by atoms with Crippen LogP contribution in [-0.4, -0.2) is 11.4 Å². The lowest BCUT2D eigenvalue weighted by Gasteiger charge is -2.09. The lowest BCUT2D eigenvalue weighted by molar-refractivity contribution is -0.109. The third-order valence-electron chi connectivity index (χ3n) is 2.51. The van der Waals surface area contributed by atoms with E-state index in [0.29, 0.717) is 10.6 Å². The van der Waals surface area contributed by atoms with Crippen LogP contribution in [0, 0.1) is 0 Å². The van der Waals surface area contributed by atoms with Crippen LogP contribution in [0.5, 0.6) is 5.75 Å². The van der Waals surface area contributed by atoms with E-state index in [-0.39, 0.29) is 5.75 Å². The van der Waals surface area contributed by atoms with Crippen molar-refractivity contribution < 1.29 is 9.90 Å². The first-order chi connectivity index (χ1) is 6.18. The molecule has 2 rings (SSSR count). The van der Waals surface area contributed by atoms with E-state index in [1.807, 2.05) is 0 Å². The Balaban J connectivity index is 2.50. The van der Waals surface area contributed by atoms with Crippen molar-refractivity contribution >= 4 is 17.9 Å². The normalized spacial score (nSPS) is 18.2. The molecule has 0 saturated heterocycles. The summed E-state index contributed by atoms with van der Waals surface area (Å²) in [6.07, 6.45) is 2.52. The van der Waals surface area contributed by atoms with Crippen molar-refractivity contribution in [3.05, 3.63) is 28.8 Å². The minimum Gasteiger partial charge on any atom is -0.508 e. The summed E-state index contributed by atoms with van der Waals surface area (Å²) in [4.78, 5) is 10.8. The molecule has 0 heterocycles. The standard InChI is InChI=1S/C10H9ClO2/c11-7-1-2-9(13)8(5-7)10(6-12)3-4-10/h1-2,5-6,13H,3-4H2. The van der Waals surface area contributed by atoms with Crippen LogP contribution in [-0.2, 0) is 10.2 Å². The molecule has 1 aromatic carbocycles. The Kier molecular flexibility index (Phi) is 1.81. The molecule has 0 atom stereocenters. The first kappa shape index (κ1) is 8.57. The van der Waals surface area contributed by atoms with Gasteiger partial charge >= 0.3 is 0 Å². The molecule has 0 amide bonds. The fourth-order valence-electron chi connectivity index (χ4n) is 1.49. The summed E-state index contributed by atoms with van der Waals surface area (Å²) in [5.74, 6) is 0.161. The van der Waals surface area contributed by atoms with Gasteiger partial charge < -0.3 is 9.90 Å². The first-order valence-electron chi connectivity index (χ1n) is 4.13. The predicted molar refractivity (Wildman–Crippen MR) is 50.1 cm³/mol. The number of phenols is 1. The van der Waals surface area contributed by atoms with Gasteiger partial charge in [0.15, 0.2) is 0 Å². The molecule has 3 heteroatoms. The van der Waals surface area contributed by atoms with Crippen LogP contribution < -0.4 is 0 Å². The smallest absolute Gasteiger partial charge is 0.130 e. The molecule has 1 aliphatic carbocycles. The maximum absolute atomic E-state index is 10.8. The summed E-state index contributed by atoms with van der Waals surface area (Å²) in [5.41, 5.74) is 0.213. The monoisotopic (exact) mass is 196 g/mol. The maximum Gasteiger partial charge on any atom is 0.130 e. The fourth-order valence-corrected chi connectivity index (χ4v) is 1.66. The van der Waals surface area contributed by atoms with E-state index < -0.39 is 5.41 Å². The Bertz CT molecular complexity index is 356. The van der Waals surface area contributed by atoms with E-state index in [1.54, 1.807) is 12.1 Å². The number of aromatic hydroxyl groups is 1. The molecular weight excluding hydrogens is 188 g/mol. The van der Waals surface area contributed by atoms with Crippen molar-refractivity contribution in [3.63, 3.8) is 0 Å². The molecule has 0 spiro atoms. The number of hydrogen-bond acceptors (Lipinski definition) is 2. The van der Waals surface area contributed by atoms with Gasteiger partial charge in [0.25, 0.3) is 0 Å². The fraction of sp³-hybridized carbons (Fsp3) is 0.300. The Morgan fingerprint density at radius 1 is 1.46 bits per heavy atom. The number of carbonyl (C=O) groups is 1. The van der Waals surface area contributed by atoms with Crippen molar-refractivity contribution in [2.24, 2.45) is 0 Å². The molecule has 0 aromatic heterocycles. The second kappa shape index (κ2) is 2.74. The molecule has 0 radical (unpaired) electrons. The largest absolute Gasteiger partial charge is 0.508 e. The predicted octanol–water partition coefficient (Wildman–Crippen LogP) is 2.28. The maximum atomic E-state index is 10.8. The highest BCUT2D eigenvalue weighted by Crippen LogP contribution is 2.49. The summed E-state index contributed by atoms with van der Waals surface area (Å²) in [5, 5.41) is 10.1. The van der Waals surface area contributed by atoms with Gasteiger partial charge in [0, 0.05) is 10.6 Å². The van der Waals surface area contributed by atoms with Crippen molar-refractivity contribution in [3.8, 4) is 5.75 Å². The number of carbonyl (C=O) groups excluding carboxylic acids is 1. The molecule has 0 aliphatic heterocycles. The number of benzene rings is 1. The van der Waals surface area contributed by atoms with Crippen molar-refractivity contribution in [2.75, 3.05) is 0 Å². The lowest BCUT2D eigenvalue weighted by atomic mass is 9.97. The first-order valence-corrected chi connectivity index (χ1v) is 4.51. The zero-order valence-corrected chi connectivity index (χ0v) is 7.71. The molecule has 2 nitrogen and oxygen atoms in total. The summed E-state index contributed by atoms with van der Waals surface area (Å²) in [6, 6.07) is 4.81. The number of hydrogen-bond donors (Lipinski definition) is 1. The van der Waals surface area contributed by atoms with Crippen molar-refractivity contribution in [2.45, 2.75) is 18.3 Å². The number of aldehydes is 1. The van der Waals surface area contributed by atoms with E-state index in [2.05, 4.69) is 0 Å². The summed E-state index contributed by atoms with van der Waals surface area (Å²) < 4.78 is 0. The Labute approximate surface area is 81.1 Å². The molecule has 13 heavy (non-hydrogen) atoms. The van der Waals surface area contributed by atoms with E-state index in [9.17, 15) is 9.90 Å². The zero-order valence-electron chi connectivity index (χ0n) is 6.96. The van der Waals surface area contributed by atoms with Crippen molar-refractivity contribution in [1.29, 1.82) is 0 Å². The van der Waals surface area contributed by atoms with Crippen LogP contribution in [0.25, 0.3) is 0 Å². The van der Waals surface area contributed by atoms with E-state index in [1.165, 1.54) is 6.07 Å². The summed E-state index contributed by atoms with van der Waals surface area (Å²) in [7, 11) is 0. The summed E-state index contributed by atoms with van der Waals surface area (Å²) >= 11 is 5.78. The van der Waals surface area contributed by atoms with Gasteiger partial charge in [0.1, 0.15) is 12.0 Å². The van der Waals surface area contributed by atoms with Crippen LogP contribution in [0.15, 0.2) is 18.2 Å². The molecule has 0 unspecified atom stereocenters. The molecular formula is C10H9ClO2. The van der Waals surface area contributed by atoms with Crippen molar-refractivity contribution in [1.82, 2.24) is 0 Å². The molecule has 68 valence electrons. The average molecular weight is 197 g/mol. The minimum absolute atomic E-state index is 0.161. The molecule has 0 bridgehead atoms. The Morgan fingerprint density at radius 2 is 2.15 bits per heavy atom. The van der Waals surface area contributed by atoms with Gasteiger partial charge in [0.2, 0.25) is 0 Å². The van der Waals surface area contributed by atoms with Gasteiger partial charge in [-0.1, -0.05) is 11.6 Å². The third-order valence-corrected chi connectivity index (χ3v) is 2.74. The van der Waals surface area contributed by atoms with Crippen LogP contribution >= 0.6 is 11.6 Å². The number of phenolic OH excluding ortho intramolecular Hbond substituents is 1. The Morgan fingerprint density at radius 3 is 2.69 bits per heavy atom. The van der Waals surface area contributed by atoms with Crippen LogP contribution in [0.2, 0.25) is 5.02 Å². The van der Waals surface area contributed by atoms with Crippen LogP contribution in [0.4, 0.5) is 0 Å². The molecule has 1 aliphatic rings. The molecule has 1 fully saturated rings. The van der Waals surface area contributed by atoms with Gasteiger partial charge in [-0.15, -0.1) is 0 Å². The zero-order chi connectivity index (χ0) is 9.47. The lowest BCUT2D eigenvalue weighted by Crippen LogP contribution is -2.07. The second-order valence-corrected chi connectivity index (χ2v) is 3.87. The van der Waals surface area contributed by atoms with Gasteiger partial charge in [-0.05, 0) is 31.0 Å². The SMILES string of the molecule is O=CC1(c2cc(Cl)ccc2O)CC1. The van der Waals surface area contributed by atoms with E-state index in [4.69, 9.17) is 11.6 Å². The summed E-state index contributed by atoms with van der Waals surface area (Å²) in [6.45, 7) is 0. The minimum atomic E-state index is -0.449. The van der Waals surface area contributed by atoms with Crippen LogP contribution in [0.3, 0.4) is 0 Å². The molecule has 1 N–H and O–H groups in total. The van der Waals surface area contributed by atoms with E-state index >= 15 is 0 Å². The van der Waals surface area contributed by atoms with Gasteiger partial charge in [-0.3, -0.25) is 0 Å². The Hall–Kier alpha value is -1.02.